The van der Waals surface area contributed by atoms with Crippen molar-refractivity contribution in [1.29, 1.82) is 0 Å². The highest BCUT2D eigenvalue weighted by Gasteiger charge is 2.36. The third kappa shape index (κ3) is 5.21. The fourth-order valence-electron chi connectivity index (χ4n) is 3.81. The zero-order chi connectivity index (χ0) is 23.8. The molecule has 34 heavy (non-hydrogen) atoms. The Morgan fingerprint density at radius 3 is 1.56 bits per heavy atom. The van der Waals surface area contributed by atoms with Crippen molar-refractivity contribution in [3.63, 3.8) is 0 Å². The van der Waals surface area contributed by atoms with Gasteiger partial charge in [0.05, 0.1) is 6.34 Å². The van der Waals surface area contributed by atoms with Crippen LogP contribution in [-0.2, 0) is 5.54 Å². The molecule has 0 aliphatic carbocycles. The molecule has 0 atom stereocenters. The first-order valence-electron chi connectivity index (χ1n) is 11.1. The first-order valence-corrected chi connectivity index (χ1v) is 11.1. The highest BCUT2D eigenvalue weighted by molar-refractivity contribution is 5.98. The second kappa shape index (κ2) is 10.6. The molecule has 0 amide bonds. The number of anilines is 1. The minimum absolute atomic E-state index is 0.298. The summed E-state index contributed by atoms with van der Waals surface area (Å²) in [6.45, 7) is 0. The maximum absolute atomic E-state index is 13.5. The van der Waals surface area contributed by atoms with E-state index in [1.54, 1.807) is 18.5 Å². The standard InChI is InChI=1S/C29H27FN4/c1-34(2)22-31-28(32-27-20-18-26(30)19-21-27)33-29(23-12-6-3-7-13-23,24-14-8-4-9-15-24)25-16-10-5-11-17-25/h3-22H,1-2H3,(H,32,33). The predicted molar refractivity (Wildman–Crippen MR) is 139 cm³/mol. The van der Waals surface area contributed by atoms with Crippen LogP contribution in [0.4, 0.5) is 10.1 Å². The summed E-state index contributed by atoms with van der Waals surface area (Å²) in [6, 6.07) is 36.7. The van der Waals surface area contributed by atoms with Crippen LogP contribution in [0.25, 0.3) is 0 Å². The van der Waals surface area contributed by atoms with E-state index in [1.165, 1.54) is 12.1 Å². The fourth-order valence-corrected chi connectivity index (χ4v) is 3.81. The first kappa shape index (κ1) is 22.9. The Labute approximate surface area is 200 Å². The lowest BCUT2D eigenvalue weighted by Gasteiger charge is -2.32. The molecule has 0 bridgehead atoms. The van der Waals surface area contributed by atoms with Crippen LogP contribution in [0.15, 0.2) is 125 Å². The van der Waals surface area contributed by atoms with Gasteiger partial charge < -0.3 is 10.2 Å². The Morgan fingerprint density at radius 2 is 1.15 bits per heavy atom. The van der Waals surface area contributed by atoms with Gasteiger partial charge in [-0.1, -0.05) is 91.0 Å². The van der Waals surface area contributed by atoms with E-state index < -0.39 is 5.54 Å². The van der Waals surface area contributed by atoms with Crippen molar-refractivity contribution < 1.29 is 4.39 Å². The summed E-state index contributed by atoms with van der Waals surface area (Å²) in [7, 11) is 3.80. The highest BCUT2D eigenvalue weighted by Crippen LogP contribution is 2.40. The van der Waals surface area contributed by atoms with E-state index in [4.69, 9.17) is 4.99 Å². The largest absolute Gasteiger partial charge is 0.369 e. The summed E-state index contributed by atoms with van der Waals surface area (Å²) in [6.07, 6.45) is 1.70. The maximum atomic E-state index is 13.5. The quantitative estimate of drug-likeness (QED) is 0.217. The molecule has 0 saturated heterocycles. The summed E-state index contributed by atoms with van der Waals surface area (Å²) >= 11 is 0. The monoisotopic (exact) mass is 450 g/mol. The highest BCUT2D eigenvalue weighted by atomic mass is 19.1. The van der Waals surface area contributed by atoms with Crippen molar-refractivity contribution in [1.82, 2.24) is 4.90 Å². The number of hydrogen-bond acceptors (Lipinski definition) is 1. The molecule has 4 nitrogen and oxygen atoms in total. The first-order chi connectivity index (χ1) is 16.6. The fraction of sp³-hybridized carbons (Fsp3) is 0.103. The topological polar surface area (TPSA) is 40.0 Å². The maximum Gasteiger partial charge on any atom is 0.225 e. The summed E-state index contributed by atoms with van der Waals surface area (Å²) in [5.74, 6) is 0.102. The van der Waals surface area contributed by atoms with E-state index in [0.29, 0.717) is 11.6 Å². The molecule has 0 saturated carbocycles. The number of guanidine groups is 1. The number of nitrogens with zero attached hydrogens (tertiary/aromatic N) is 3. The molecule has 0 radical (unpaired) electrons. The molecule has 4 aromatic carbocycles. The zero-order valence-electron chi connectivity index (χ0n) is 19.3. The van der Waals surface area contributed by atoms with Gasteiger partial charge in [-0.25, -0.2) is 14.4 Å². The minimum atomic E-state index is -0.865. The number of nitrogens with one attached hydrogen (secondary N) is 1. The Hall–Kier alpha value is -4.25. The molecule has 0 aromatic heterocycles. The van der Waals surface area contributed by atoms with Gasteiger partial charge >= 0.3 is 0 Å². The van der Waals surface area contributed by atoms with Crippen molar-refractivity contribution in [2.24, 2.45) is 9.98 Å². The van der Waals surface area contributed by atoms with E-state index in [-0.39, 0.29) is 5.82 Å². The summed E-state index contributed by atoms with van der Waals surface area (Å²) in [4.78, 5) is 11.8. The molecular formula is C29H27FN4. The Balaban J connectivity index is 1.99. The molecule has 0 aliphatic heterocycles. The van der Waals surface area contributed by atoms with E-state index in [0.717, 1.165) is 16.7 Å². The van der Waals surface area contributed by atoms with Gasteiger partial charge in [-0.2, -0.15) is 0 Å². The minimum Gasteiger partial charge on any atom is -0.369 e. The molecule has 0 unspecified atom stereocenters. The molecule has 0 spiro atoms. The molecule has 170 valence electrons. The van der Waals surface area contributed by atoms with Crippen LogP contribution in [0.3, 0.4) is 0 Å². The average molecular weight is 451 g/mol. The molecule has 4 aromatic rings. The van der Waals surface area contributed by atoms with E-state index in [1.807, 2.05) is 73.6 Å². The lowest BCUT2D eigenvalue weighted by Crippen LogP contribution is -2.30. The zero-order valence-corrected chi connectivity index (χ0v) is 19.3. The van der Waals surface area contributed by atoms with Gasteiger partial charge in [0.25, 0.3) is 0 Å². The van der Waals surface area contributed by atoms with E-state index in [9.17, 15) is 4.39 Å². The Morgan fingerprint density at radius 1 is 0.706 bits per heavy atom. The summed E-state index contributed by atoms with van der Waals surface area (Å²) in [5.41, 5.74) is 2.84. The van der Waals surface area contributed by atoms with Crippen molar-refractivity contribution in [2.45, 2.75) is 5.54 Å². The summed E-state index contributed by atoms with van der Waals surface area (Å²) in [5, 5.41) is 3.28. The van der Waals surface area contributed by atoms with E-state index >= 15 is 0 Å². The normalized spacial score (nSPS) is 12.0. The number of benzene rings is 4. The molecule has 4 rings (SSSR count). The van der Waals surface area contributed by atoms with Crippen LogP contribution >= 0.6 is 0 Å². The van der Waals surface area contributed by atoms with Crippen LogP contribution < -0.4 is 5.32 Å². The Bertz CT molecular complexity index is 1140. The number of halogens is 1. The molecule has 1 N–H and O–H groups in total. The smallest absolute Gasteiger partial charge is 0.225 e. The van der Waals surface area contributed by atoms with Crippen LogP contribution in [0.5, 0.6) is 0 Å². The van der Waals surface area contributed by atoms with Crippen molar-refractivity contribution in [2.75, 3.05) is 19.4 Å². The van der Waals surface area contributed by atoms with Gasteiger partial charge in [-0.3, -0.25) is 0 Å². The lowest BCUT2D eigenvalue weighted by molar-refractivity contribution is 0.628. The van der Waals surface area contributed by atoms with Crippen molar-refractivity contribution in [3.8, 4) is 0 Å². The van der Waals surface area contributed by atoms with Crippen molar-refractivity contribution >= 4 is 18.0 Å². The van der Waals surface area contributed by atoms with Gasteiger partial charge in [0, 0.05) is 19.8 Å². The molecule has 5 heteroatoms. The lowest BCUT2D eigenvalue weighted by atomic mass is 9.77. The van der Waals surface area contributed by atoms with Gasteiger partial charge in [0.1, 0.15) is 11.4 Å². The van der Waals surface area contributed by atoms with Crippen molar-refractivity contribution in [3.05, 3.63) is 138 Å². The van der Waals surface area contributed by atoms with Gasteiger partial charge in [0.15, 0.2) is 0 Å². The van der Waals surface area contributed by atoms with E-state index in [2.05, 4.69) is 46.7 Å². The molecule has 0 fully saturated rings. The third-order valence-electron chi connectivity index (χ3n) is 5.36. The number of hydrogen-bond donors (Lipinski definition) is 1. The molecule has 0 heterocycles. The van der Waals surface area contributed by atoms with Crippen LogP contribution in [-0.4, -0.2) is 31.3 Å². The second-order valence-electron chi connectivity index (χ2n) is 8.08. The average Bonchev–Trinajstić information content (AvgIpc) is 2.88. The van der Waals surface area contributed by atoms with Crippen LogP contribution in [0.1, 0.15) is 16.7 Å². The summed E-state index contributed by atoms with van der Waals surface area (Å²) < 4.78 is 13.5. The number of rotatable bonds is 6. The van der Waals surface area contributed by atoms with Gasteiger partial charge in [-0.15, -0.1) is 0 Å². The Kier molecular flexibility index (Phi) is 7.13. The van der Waals surface area contributed by atoms with Gasteiger partial charge in [0.2, 0.25) is 5.96 Å². The van der Waals surface area contributed by atoms with Crippen LogP contribution in [0.2, 0.25) is 0 Å². The number of aliphatic imine (C=N–C) groups is 2. The predicted octanol–water partition coefficient (Wildman–Crippen LogP) is 6.18. The van der Waals surface area contributed by atoms with Crippen LogP contribution in [0, 0.1) is 5.82 Å². The van der Waals surface area contributed by atoms with Gasteiger partial charge in [-0.05, 0) is 41.0 Å². The molecule has 0 aliphatic rings. The second-order valence-corrected chi connectivity index (χ2v) is 8.08. The third-order valence-corrected chi connectivity index (χ3v) is 5.36. The molecular weight excluding hydrogens is 423 g/mol. The SMILES string of the molecule is CN(C)C=NC(=NC(c1ccccc1)(c1ccccc1)c1ccccc1)Nc1ccc(F)cc1.